The summed E-state index contributed by atoms with van der Waals surface area (Å²) in [5.41, 5.74) is 0.531. The Kier molecular flexibility index (Phi) is 5.23. The summed E-state index contributed by atoms with van der Waals surface area (Å²) in [5.74, 6) is -1.31. The van der Waals surface area contributed by atoms with Gasteiger partial charge in [-0.2, -0.15) is 8.42 Å². The summed E-state index contributed by atoms with van der Waals surface area (Å²) in [7, 11) is -1.24. The van der Waals surface area contributed by atoms with E-state index in [2.05, 4.69) is 13.7 Å². The molecule has 0 saturated heterocycles. The van der Waals surface area contributed by atoms with Gasteiger partial charge >= 0.3 is 11.9 Å². The number of ether oxygens (including phenoxy) is 2. The lowest BCUT2D eigenvalue weighted by molar-refractivity contribution is 0.0599. The van der Waals surface area contributed by atoms with E-state index < -0.39 is 22.1 Å². The van der Waals surface area contributed by atoms with Crippen molar-refractivity contribution in [2.75, 3.05) is 20.5 Å². The molecule has 0 fully saturated rings. The zero-order valence-electron chi connectivity index (χ0n) is 11.2. The quantitative estimate of drug-likeness (QED) is 0.584. The predicted octanol–water partition coefficient (Wildman–Crippen LogP) is 0.736. The lowest BCUT2D eigenvalue weighted by Gasteiger charge is -2.07. The van der Waals surface area contributed by atoms with Crippen molar-refractivity contribution in [1.82, 2.24) is 0 Å². The molecule has 0 aromatic heterocycles. The second kappa shape index (κ2) is 6.49. The third-order valence-electron chi connectivity index (χ3n) is 2.27. The van der Waals surface area contributed by atoms with Crippen LogP contribution in [0.15, 0.2) is 18.2 Å². The molecule has 0 aliphatic heterocycles. The first-order valence-electron chi connectivity index (χ1n) is 5.42. The van der Waals surface area contributed by atoms with Crippen LogP contribution in [0, 0.1) is 0 Å². The minimum Gasteiger partial charge on any atom is -0.465 e. The molecular formula is C12H14O7S. The normalized spacial score (nSPS) is 10.9. The van der Waals surface area contributed by atoms with Crippen molar-refractivity contribution in [3.63, 3.8) is 0 Å². The third kappa shape index (κ3) is 4.63. The molecule has 0 spiro atoms. The minimum absolute atomic E-state index is 0.0995. The topological polar surface area (TPSA) is 96.0 Å². The monoisotopic (exact) mass is 302 g/mol. The van der Waals surface area contributed by atoms with Crippen LogP contribution >= 0.6 is 0 Å². The molecule has 0 unspecified atom stereocenters. The van der Waals surface area contributed by atoms with Gasteiger partial charge in [0.05, 0.1) is 38.2 Å². The van der Waals surface area contributed by atoms with Crippen LogP contribution in [0.3, 0.4) is 0 Å². The highest BCUT2D eigenvalue weighted by Gasteiger charge is 2.14. The van der Waals surface area contributed by atoms with Crippen molar-refractivity contribution in [1.29, 1.82) is 0 Å². The van der Waals surface area contributed by atoms with Crippen LogP contribution in [0.4, 0.5) is 0 Å². The number of carbonyl (C=O) groups is 2. The largest absolute Gasteiger partial charge is 0.465 e. The van der Waals surface area contributed by atoms with Crippen LogP contribution in [0.2, 0.25) is 0 Å². The van der Waals surface area contributed by atoms with E-state index in [0.717, 1.165) is 6.26 Å². The highest BCUT2D eigenvalue weighted by atomic mass is 32.2. The van der Waals surface area contributed by atoms with Crippen molar-refractivity contribution in [3.05, 3.63) is 34.9 Å². The lowest BCUT2D eigenvalue weighted by Crippen LogP contribution is -2.09. The van der Waals surface area contributed by atoms with Crippen LogP contribution in [0.25, 0.3) is 0 Å². The van der Waals surface area contributed by atoms with Gasteiger partial charge in [-0.3, -0.25) is 4.18 Å². The molecule has 110 valence electrons. The van der Waals surface area contributed by atoms with Gasteiger partial charge in [0.25, 0.3) is 10.1 Å². The van der Waals surface area contributed by atoms with E-state index in [0.29, 0.717) is 5.56 Å². The van der Waals surface area contributed by atoms with Crippen LogP contribution < -0.4 is 0 Å². The van der Waals surface area contributed by atoms with E-state index in [9.17, 15) is 18.0 Å². The predicted molar refractivity (Wildman–Crippen MR) is 68.8 cm³/mol. The number of benzene rings is 1. The fourth-order valence-corrected chi connectivity index (χ4v) is 1.77. The molecule has 20 heavy (non-hydrogen) atoms. The van der Waals surface area contributed by atoms with E-state index in [1.165, 1.54) is 32.4 Å². The van der Waals surface area contributed by atoms with Crippen molar-refractivity contribution < 1.29 is 31.7 Å². The average Bonchev–Trinajstić information content (AvgIpc) is 2.42. The molecule has 0 amide bonds. The highest BCUT2D eigenvalue weighted by Crippen LogP contribution is 2.14. The van der Waals surface area contributed by atoms with Crippen LogP contribution in [0.1, 0.15) is 26.3 Å². The van der Waals surface area contributed by atoms with E-state index in [1.54, 1.807) is 0 Å². The van der Waals surface area contributed by atoms with Crippen LogP contribution in [-0.2, 0) is 30.4 Å². The average molecular weight is 302 g/mol. The van der Waals surface area contributed by atoms with Crippen molar-refractivity contribution in [3.8, 4) is 0 Å². The van der Waals surface area contributed by atoms with Gasteiger partial charge in [-0.15, -0.1) is 0 Å². The summed E-state index contributed by atoms with van der Waals surface area (Å²) in [6.45, 7) is -0.298. The Morgan fingerprint density at radius 3 is 1.80 bits per heavy atom. The van der Waals surface area contributed by atoms with E-state index >= 15 is 0 Å². The molecule has 8 heteroatoms. The summed E-state index contributed by atoms with van der Waals surface area (Å²) in [6, 6.07) is 4.05. The first kappa shape index (κ1) is 16.1. The van der Waals surface area contributed by atoms with Gasteiger partial charge in [0.2, 0.25) is 0 Å². The Hall–Kier alpha value is -1.93. The van der Waals surface area contributed by atoms with Crippen LogP contribution in [-0.4, -0.2) is 40.8 Å². The molecule has 1 rings (SSSR count). The fraction of sp³-hybridized carbons (Fsp3) is 0.333. The summed E-state index contributed by atoms with van der Waals surface area (Å²) < 4.78 is 35.6. The molecule has 0 saturated carbocycles. The van der Waals surface area contributed by atoms with Gasteiger partial charge in [0.15, 0.2) is 0 Å². The highest BCUT2D eigenvalue weighted by molar-refractivity contribution is 7.85. The molecule has 0 bridgehead atoms. The number of carbonyl (C=O) groups excluding carboxylic acids is 2. The SMILES string of the molecule is COC(=O)c1cc(COS(C)(=O)=O)cc(C(=O)OC)c1. The number of hydrogen-bond donors (Lipinski definition) is 0. The van der Waals surface area contributed by atoms with Crippen molar-refractivity contribution in [2.24, 2.45) is 0 Å². The Bertz CT molecular complexity index is 584. The minimum atomic E-state index is -3.63. The zero-order valence-corrected chi connectivity index (χ0v) is 12.0. The second-order valence-electron chi connectivity index (χ2n) is 3.87. The standard InChI is InChI=1S/C12H14O7S/c1-17-11(13)9-4-8(7-19-20(3,15)16)5-10(6-9)12(14)18-2/h4-6H,7H2,1-3H3. The van der Waals surface area contributed by atoms with E-state index in [4.69, 9.17) is 0 Å². The summed E-state index contributed by atoms with van der Waals surface area (Å²) in [4.78, 5) is 23.0. The third-order valence-corrected chi connectivity index (χ3v) is 2.82. The molecule has 1 aromatic rings. The smallest absolute Gasteiger partial charge is 0.337 e. The van der Waals surface area contributed by atoms with E-state index in [1.807, 2.05) is 0 Å². The summed E-state index contributed by atoms with van der Waals surface area (Å²) >= 11 is 0. The molecule has 0 atom stereocenters. The number of methoxy groups -OCH3 is 2. The second-order valence-corrected chi connectivity index (χ2v) is 5.51. The number of hydrogen-bond acceptors (Lipinski definition) is 7. The van der Waals surface area contributed by atoms with Gasteiger partial charge in [-0.25, -0.2) is 9.59 Å². The Morgan fingerprint density at radius 2 is 1.45 bits per heavy atom. The van der Waals surface area contributed by atoms with Crippen molar-refractivity contribution >= 4 is 22.1 Å². The van der Waals surface area contributed by atoms with E-state index in [-0.39, 0.29) is 17.7 Å². The molecule has 7 nitrogen and oxygen atoms in total. The summed E-state index contributed by atoms with van der Waals surface area (Å²) in [5, 5.41) is 0. The fourth-order valence-electron chi connectivity index (χ4n) is 1.42. The van der Waals surface area contributed by atoms with Crippen molar-refractivity contribution in [2.45, 2.75) is 6.61 Å². The lowest BCUT2D eigenvalue weighted by atomic mass is 10.1. The molecule has 0 N–H and O–H groups in total. The molecule has 1 aromatic carbocycles. The maximum absolute atomic E-state index is 11.5. The molecule has 0 aliphatic carbocycles. The zero-order chi connectivity index (χ0) is 15.3. The Morgan fingerprint density at radius 1 is 1.00 bits per heavy atom. The number of rotatable bonds is 5. The number of esters is 2. The van der Waals surface area contributed by atoms with Crippen LogP contribution in [0.5, 0.6) is 0 Å². The molecule has 0 heterocycles. The maximum Gasteiger partial charge on any atom is 0.337 e. The van der Waals surface area contributed by atoms with Gasteiger partial charge in [-0.05, 0) is 23.8 Å². The Labute approximate surface area is 116 Å². The first-order valence-corrected chi connectivity index (χ1v) is 7.23. The molecule has 0 radical (unpaired) electrons. The van der Waals surface area contributed by atoms with Gasteiger partial charge in [0, 0.05) is 0 Å². The molecular weight excluding hydrogens is 288 g/mol. The summed E-state index contributed by atoms with van der Waals surface area (Å²) in [6.07, 6.45) is 0.901. The van der Waals surface area contributed by atoms with Gasteiger partial charge in [0.1, 0.15) is 0 Å². The molecule has 0 aliphatic rings. The van der Waals surface area contributed by atoms with Gasteiger partial charge < -0.3 is 9.47 Å². The Balaban J connectivity index is 3.16. The maximum atomic E-state index is 11.5. The first-order chi connectivity index (χ1) is 9.26. The van der Waals surface area contributed by atoms with Gasteiger partial charge in [-0.1, -0.05) is 0 Å².